The van der Waals surface area contributed by atoms with Crippen molar-refractivity contribution in [1.29, 1.82) is 0 Å². The van der Waals surface area contributed by atoms with E-state index < -0.39 is 0 Å². The van der Waals surface area contributed by atoms with Crippen LogP contribution in [0, 0.1) is 5.82 Å². The van der Waals surface area contributed by atoms with Crippen molar-refractivity contribution < 1.29 is 4.39 Å². The number of fused-ring (bicyclic) bond motifs is 2. The summed E-state index contributed by atoms with van der Waals surface area (Å²) in [5, 5.41) is 3.29. The SMILES string of the molecule is CC(=S)NC1c2cnccc2CCc2c(F)cccc21. The van der Waals surface area contributed by atoms with Gasteiger partial charge >= 0.3 is 0 Å². The van der Waals surface area contributed by atoms with E-state index in [-0.39, 0.29) is 11.9 Å². The average molecular weight is 286 g/mol. The molecule has 0 saturated heterocycles. The molecule has 1 atom stereocenters. The van der Waals surface area contributed by atoms with Gasteiger partial charge in [0.25, 0.3) is 0 Å². The number of hydrogen-bond acceptors (Lipinski definition) is 2. The molecule has 0 saturated carbocycles. The van der Waals surface area contributed by atoms with E-state index in [1.165, 1.54) is 11.6 Å². The number of benzene rings is 1. The first-order chi connectivity index (χ1) is 9.66. The Labute approximate surface area is 123 Å². The second kappa shape index (κ2) is 5.29. The molecule has 2 nitrogen and oxygen atoms in total. The number of nitrogens with one attached hydrogen (secondary N) is 1. The van der Waals surface area contributed by atoms with Crippen LogP contribution in [0.3, 0.4) is 0 Å². The zero-order valence-corrected chi connectivity index (χ0v) is 12.0. The summed E-state index contributed by atoms with van der Waals surface area (Å²) >= 11 is 5.19. The minimum atomic E-state index is -0.142. The molecule has 0 spiro atoms. The molecule has 1 unspecified atom stereocenters. The van der Waals surface area contributed by atoms with Crippen LogP contribution in [0.25, 0.3) is 0 Å². The molecule has 1 aromatic heterocycles. The van der Waals surface area contributed by atoms with Crippen LogP contribution in [0.15, 0.2) is 36.7 Å². The van der Waals surface area contributed by atoms with Gasteiger partial charge in [0.05, 0.1) is 11.0 Å². The highest BCUT2D eigenvalue weighted by molar-refractivity contribution is 7.80. The van der Waals surface area contributed by atoms with E-state index in [4.69, 9.17) is 12.2 Å². The van der Waals surface area contributed by atoms with Crippen molar-refractivity contribution in [2.45, 2.75) is 25.8 Å². The van der Waals surface area contributed by atoms with Crippen LogP contribution in [0.5, 0.6) is 0 Å². The van der Waals surface area contributed by atoms with Crippen LogP contribution in [0.2, 0.25) is 0 Å². The minimum absolute atomic E-state index is 0.121. The fraction of sp³-hybridized carbons (Fsp3) is 0.250. The van der Waals surface area contributed by atoms with Gasteiger partial charge in [-0.3, -0.25) is 4.98 Å². The van der Waals surface area contributed by atoms with Gasteiger partial charge in [-0.25, -0.2) is 4.39 Å². The summed E-state index contributed by atoms with van der Waals surface area (Å²) in [6, 6.07) is 7.13. The fourth-order valence-corrected chi connectivity index (χ4v) is 2.94. The zero-order chi connectivity index (χ0) is 14.1. The zero-order valence-electron chi connectivity index (χ0n) is 11.2. The highest BCUT2D eigenvalue weighted by Crippen LogP contribution is 2.33. The number of rotatable bonds is 1. The quantitative estimate of drug-likeness (QED) is 0.814. The number of hydrogen-bond donors (Lipinski definition) is 1. The maximum Gasteiger partial charge on any atom is 0.126 e. The standard InChI is InChI=1S/C16H15FN2S/c1-10(20)19-16-13-3-2-4-15(17)12(13)6-5-11-7-8-18-9-14(11)16/h2-4,7-9,16H,5-6H2,1H3,(H,19,20). The van der Waals surface area contributed by atoms with Gasteiger partial charge in [0.1, 0.15) is 5.82 Å². The molecule has 2 aromatic rings. The van der Waals surface area contributed by atoms with Crippen molar-refractivity contribution in [3.8, 4) is 0 Å². The van der Waals surface area contributed by atoms with Crippen LogP contribution in [0.1, 0.15) is 35.2 Å². The van der Waals surface area contributed by atoms with E-state index in [2.05, 4.69) is 10.3 Å². The summed E-state index contributed by atoms with van der Waals surface area (Å²) in [6.45, 7) is 1.84. The largest absolute Gasteiger partial charge is 0.369 e. The van der Waals surface area contributed by atoms with Gasteiger partial charge in [0.15, 0.2) is 0 Å². The third-order valence-electron chi connectivity index (χ3n) is 3.72. The van der Waals surface area contributed by atoms with Crippen LogP contribution in [-0.2, 0) is 12.8 Å². The van der Waals surface area contributed by atoms with E-state index in [1.54, 1.807) is 12.3 Å². The van der Waals surface area contributed by atoms with E-state index in [1.807, 2.05) is 25.3 Å². The Bertz CT molecular complexity index is 669. The third-order valence-corrected chi connectivity index (χ3v) is 3.83. The maximum atomic E-state index is 14.1. The predicted molar refractivity (Wildman–Crippen MR) is 81.3 cm³/mol. The summed E-state index contributed by atoms with van der Waals surface area (Å²) in [7, 11) is 0. The average Bonchev–Trinajstić information content (AvgIpc) is 2.58. The summed E-state index contributed by atoms with van der Waals surface area (Å²) < 4.78 is 14.1. The maximum absolute atomic E-state index is 14.1. The highest BCUT2D eigenvalue weighted by atomic mass is 32.1. The normalized spacial score (nSPS) is 16.8. The molecule has 1 aliphatic carbocycles. The number of halogens is 1. The van der Waals surface area contributed by atoms with Crippen LogP contribution in [0.4, 0.5) is 4.39 Å². The lowest BCUT2D eigenvalue weighted by molar-refractivity contribution is 0.603. The number of aryl methyl sites for hydroxylation is 1. The lowest BCUT2D eigenvalue weighted by Gasteiger charge is -2.22. The van der Waals surface area contributed by atoms with E-state index in [9.17, 15) is 4.39 Å². The second-order valence-corrected chi connectivity index (χ2v) is 5.63. The molecule has 3 rings (SSSR count). The van der Waals surface area contributed by atoms with Gasteiger partial charge in [-0.2, -0.15) is 0 Å². The molecule has 1 aromatic carbocycles. The summed E-state index contributed by atoms with van der Waals surface area (Å²) in [4.78, 5) is 4.91. The van der Waals surface area contributed by atoms with Gasteiger partial charge < -0.3 is 5.32 Å². The van der Waals surface area contributed by atoms with E-state index in [0.29, 0.717) is 11.4 Å². The Balaban J connectivity index is 2.19. The topological polar surface area (TPSA) is 24.9 Å². The van der Waals surface area contributed by atoms with Crippen molar-refractivity contribution in [2.24, 2.45) is 0 Å². The second-order valence-electron chi connectivity index (χ2n) is 5.02. The Morgan fingerprint density at radius 1 is 1.30 bits per heavy atom. The molecule has 0 fully saturated rings. The first-order valence-corrected chi connectivity index (χ1v) is 7.05. The molecule has 20 heavy (non-hydrogen) atoms. The fourth-order valence-electron chi connectivity index (χ4n) is 2.82. The molecule has 4 heteroatoms. The summed E-state index contributed by atoms with van der Waals surface area (Å²) in [5.41, 5.74) is 4.02. The van der Waals surface area contributed by atoms with Crippen LogP contribution < -0.4 is 5.32 Å². The monoisotopic (exact) mass is 286 g/mol. The molecular formula is C16H15FN2S. The van der Waals surface area contributed by atoms with Crippen molar-refractivity contribution in [3.05, 3.63) is 64.7 Å². The van der Waals surface area contributed by atoms with Gasteiger partial charge in [-0.05, 0) is 48.6 Å². The number of thiocarbonyl (C=S) groups is 1. The molecule has 1 aliphatic rings. The van der Waals surface area contributed by atoms with Gasteiger partial charge in [0.2, 0.25) is 0 Å². The van der Waals surface area contributed by atoms with Crippen molar-refractivity contribution in [2.75, 3.05) is 0 Å². The van der Waals surface area contributed by atoms with Crippen molar-refractivity contribution >= 4 is 17.2 Å². The predicted octanol–water partition coefficient (Wildman–Crippen LogP) is 3.35. The van der Waals surface area contributed by atoms with Gasteiger partial charge in [-0.1, -0.05) is 24.4 Å². The molecule has 0 radical (unpaired) electrons. The third kappa shape index (κ3) is 2.31. The number of nitrogens with zero attached hydrogens (tertiary/aromatic N) is 1. The van der Waals surface area contributed by atoms with Crippen LogP contribution >= 0.6 is 12.2 Å². The smallest absolute Gasteiger partial charge is 0.126 e. The van der Waals surface area contributed by atoms with Gasteiger partial charge in [0, 0.05) is 18.0 Å². The Morgan fingerprint density at radius 3 is 2.95 bits per heavy atom. The molecule has 102 valence electrons. The van der Waals surface area contributed by atoms with Crippen molar-refractivity contribution in [1.82, 2.24) is 10.3 Å². The lowest BCUT2D eigenvalue weighted by Crippen LogP contribution is -2.26. The summed E-state index contributed by atoms with van der Waals surface area (Å²) in [6.07, 6.45) is 5.16. The number of aromatic nitrogens is 1. The Kier molecular flexibility index (Phi) is 3.49. The summed E-state index contributed by atoms with van der Waals surface area (Å²) in [5.74, 6) is -0.142. The first-order valence-electron chi connectivity index (χ1n) is 6.64. The molecule has 1 heterocycles. The van der Waals surface area contributed by atoms with E-state index >= 15 is 0 Å². The minimum Gasteiger partial charge on any atom is -0.369 e. The first kappa shape index (κ1) is 13.2. The Hall–Kier alpha value is -1.81. The molecule has 1 N–H and O–H groups in total. The lowest BCUT2D eigenvalue weighted by atomic mass is 9.95. The Morgan fingerprint density at radius 2 is 2.15 bits per heavy atom. The molecule has 0 aliphatic heterocycles. The van der Waals surface area contributed by atoms with E-state index in [0.717, 1.165) is 23.1 Å². The highest BCUT2D eigenvalue weighted by Gasteiger charge is 2.25. The number of pyridine rings is 1. The molecule has 0 bridgehead atoms. The van der Waals surface area contributed by atoms with Crippen molar-refractivity contribution in [3.63, 3.8) is 0 Å². The van der Waals surface area contributed by atoms with Gasteiger partial charge in [-0.15, -0.1) is 0 Å². The molecule has 0 amide bonds. The van der Waals surface area contributed by atoms with Crippen LogP contribution in [-0.4, -0.2) is 9.97 Å². The molecular weight excluding hydrogens is 271 g/mol.